The van der Waals surface area contributed by atoms with E-state index in [4.69, 9.17) is 0 Å². The Morgan fingerprint density at radius 1 is 1.08 bits per heavy atom. The van der Waals surface area contributed by atoms with E-state index in [-0.39, 0.29) is 23.6 Å². The van der Waals surface area contributed by atoms with Gasteiger partial charge in [0.15, 0.2) is 11.2 Å². The molecule has 3 rings (SSSR count). The van der Waals surface area contributed by atoms with Crippen LogP contribution in [-0.2, 0) is 25.4 Å². The van der Waals surface area contributed by atoms with Crippen molar-refractivity contribution in [2.45, 2.75) is 27.3 Å². The Labute approximate surface area is 149 Å². The third kappa shape index (κ3) is 2.83. The van der Waals surface area contributed by atoms with E-state index < -0.39 is 11.2 Å². The highest BCUT2D eigenvalue weighted by Gasteiger charge is 2.16. The van der Waals surface area contributed by atoms with Crippen molar-refractivity contribution in [1.82, 2.24) is 18.7 Å². The summed E-state index contributed by atoms with van der Waals surface area (Å²) in [6.45, 7) is 5.81. The summed E-state index contributed by atoms with van der Waals surface area (Å²) in [5.74, 6) is -0.268. The van der Waals surface area contributed by atoms with Crippen molar-refractivity contribution >= 4 is 22.8 Å². The third-order valence-corrected chi connectivity index (χ3v) is 4.47. The van der Waals surface area contributed by atoms with Gasteiger partial charge in [0.2, 0.25) is 5.91 Å². The zero-order valence-corrected chi connectivity index (χ0v) is 15.5. The summed E-state index contributed by atoms with van der Waals surface area (Å²) in [7, 11) is 2.95. The molecule has 0 saturated heterocycles. The van der Waals surface area contributed by atoms with E-state index in [1.165, 1.54) is 22.5 Å². The maximum Gasteiger partial charge on any atom is 0.332 e. The molecule has 0 aliphatic rings. The Morgan fingerprint density at radius 3 is 2.31 bits per heavy atom. The minimum atomic E-state index is -0.476. The number of aryl methyl sites for hydroxylation is 4. The maximum atomic E-state index is 12.5. The normalized spacial score (nSPS) is 11.1. The second-order valence-corrected chi connectivity index (χ2v) is 6.57. The highest BCUT2D eigenvalue weighted by molar-refractivity contribution is 5.93. The minimum Gasteiger partial charge on any atom is -0.324 e. The Balaban J connectivity index is 1.97. The standard InChI is InChI=1S/C18H21N5O3/c1-10-6-11(2)14(12(3)7-10)20-13(24)8-23-9-19-16-15(23)17(25)22(5)18(26)21(16)4/h6-7,9H,8H2,1-5H3,(H,20,24). The number of rotatable bonds is 3. The number of hydrogen-bond acceptors (Lipinski definition) is 4. The number of benzene rings is 1. The number of amides is 1. The van der Waals surface area contributed by atoms with Crippen LogP contribution < -0.4 is 16.6 Å². The molecule has 8 nitrogen and oxygen atoms in total. The first-order valence-electron chi connectivity index (χ1n) is 8.19. The molecule has 26 heavy (non-hydrogen) atoms. The number of nitrogens with one attached hydrogen (secondary N) is 1. The molecule has 3 aromatic rings. The maximum absolute atomic E-state index is 12.5. The molecule has 1 aromatic carbocycles. The highest BCUT2D eigenvalue weighted by Crippen LogP contribution is 2.22. The van der Waals surface area contributed by atoms with Crippen LogP contribution in [0.15, 0.2) is 28.0 Å². The number of nitrogens with zero attached hydrogens (tertiary/aromatic N) is 4. The molecule has 2 heterocycles. The summed E-state index contributed by atoms with van der Waals surface area (Å²) in [6.07, 6.45) is 1.40. The van der Waals surface area contributed by atoms with Gasteiger partial charge >= 0.3 is 5.69 Å². The van der Waals surface area contributed by atoms with Crippen LogP contribution in [0.3, 0.4) is 0 Å². The van der Waals surface area contributed by atoms with Crippen molar-refractivity contribution in [2.75, 3.05) is 5.32 Å². The molecule has 0 spiro atoms. The van der Waals surface area contributed by atoms with Crippen LogP contribution in [-0.4, -0.2) is 24.6 Å². The molecule has 0 radical (unpaired) electrons. The predicted octanol–water partition coefficient (Wildman–Crippen LogP) is 0.998. The van der Waals surface area contributed by atoms with E-state index >= 15 is 0 Å². The summed E-state index contributed by atoms with van der Waals surface area (Å²) in [5.41, 5.74) is 3.40. The first-order chi connectivity index (χ1) is 12.2. The predicted molar refractivity (Wildman–Crippen MR) is 99.5 cm³/mol. The van der Waals surface area contributed by atoms with E-state index in [2.05, 4.69) is 10.3 Å². The lowest BCUT2D eigenvalue weighted by Crippen LogP contribution is -2.37. The van der Waals surface area contributed by atoms with E-state index in [9.17, 15) is 14.4 Å². The second kappa shape index (κ2) is 6.29. The van der Waals surface area contributed by atoms with Gasteiger partial charge in [-0.1, -0.05) is 17.7 Å². The Bertz CT molecular complexity index is 1130. The smallest absolute Gasteiger partial charge is 0.324 e. The Kier molecular flexibility index (Phi) is 4.27. The van der Waals surface area contributed by atoms with Gasteiger partial charge in [0, 0.05) is 19.8 Å². The van der Waals surface area contributed by atoms with Gasteiger partial charge in [-0.05, 0) is 31.9 Å². The second-order valence-electron chi connectivity index (χ2n) is 6.57. The molecule has 0 aliphatic carbocycles. The number of imidazole rings is 1. The SMILES string of the molecule is Cc1cc(C)c(NC(=O)Cn2cnc3c2c(=O)n(C)c(=O)n3C)c(C)c1. The van der Waals surface area contributed by atoms with Gasteiger partial charge in [-0.3, -0.25) is 18.7 Å². The van der Waals surface area contributed by atoms with Crippen LogP contribution in [0.5, 0.6) is 0 Å². The lowest BCUT2D eigenvalue weighted by atomic mass is 10.1. The average Bonchev–Trinajstić information content (AvgIpc) is 2.98. The molecule has 2 aromatic heterocycles. The van der Waals surface area contributed by atoms with Gasteiger partial charge in [-0.15, -0.1) is 0 Å². The molecule has 0 atom stereocenters. The molecule has 1 N–H and O–H groups in total. The summed E-state index contributed by atoms with van der Waals surface area (Å²) in [6, 6.07) is 4.00. The lowest BCUT2D eigenvalue weighted by Gasteiger charge is -2.13. The fraction of sp³-hybridized carbons (Fsp3) is 0.333. The van der Waals surface area contributed by atoms with Gasteiger partial charge < -0.3 is 9.88 Å². The molecule has 0 fully saturated rings. The molecule has 0 unspecified atom stereocenters. The number of hydrogen-bond donors (Lipinski definition) is 1. The molecule has 1 amide bonds. The van der Waals surface area contributed by atoms with Gasteiger partial charge in [-0.2, -0.15) is 0 Å². The highest BCUT2D eigenvalue weighted by atomic mass is 16.2. The van der Waals surface area contributed by atoms with Gasteiger partial charge in [0.1, 0.15) is 6.54 Å². The molecule has 0 saturated carbocycles. The quantitative estimate of drug-likeness (QED) is 0.759. The third-order valence-electron chi connectivity index (χ3n) is 4.47. The van der Waals surface area contributed by atoms with Crippen molar-refractivity contribution < 1.29 is 4.79 Å². The number of anilines is 1. The van der Waals surface area contributed by atoms with Crippen LogP contribution in [0, 0.1) is 20.8 Å². The summed E-state index contributed by atoms with van der Waals surface area (Å²) in [5, 5.41) is 2.90. The van der Waals surface area contributed by atoms with Crippen molar-refractivity contribution in [3.05, 3.63) is 56.0 Å². The van der Waals surface area contributed by atoms with E-state index in [0.29, 0.717) is 0 Å². The number of carbonyl (C=O) groups is 1. The summed E-state index contributed by atoms with van der Waals surface area (Å²) >= 11 is 0. The van der Waals surface area contributed by atoms with Crippen LogP contribution in [0.1, 0.15) is 16.7 Å². The van der Waals surface area contributed by atoms with E-state index in [1.54, 1.807) is 7.05 Å². The summed E-state index contributed by atoms with van der Waals surface area (Å²) < 4.78 is 3.76. The van der Waals surface area contributed by atoms with Crippen LogP contribution >= 0.6 is 0 Å². The Hall–Kier alpha value is -3.16. The average molecular weight is 355 g/mol. The molecule has 136 valence electrons. The van der Waals surface area contributed by atoms with Gasteiger partial charge in [0.25, 0.3) is 5.56 Å². The molecule has 8 heteroatoms. The van der Waals surface area contributed by atoms with Crippen LogP contribution in [0.2, 0.25) is 0 Å². The first kappa shape index (κ1) is 17.7. The zero-order chi connectivity index (χ0) is 19.2. The number of fused-ring (bicyclic) bond motifs is 1. The van der Waals surface area contributed by atoms with Crippen molar-refractivity contribution in [1.29, 1.82) is 0 Å². The molecule has 0 bridgehead atoms. The first-order valence-corrected chi connectivity index (χ1v) is 8.19. The number of aromatic nitrogens is 4. The van der Waals surface area contributed by atoms with Crippen molar-refractivity contribution in [3.8, 4) is 0 Å². The van der Waals surface area contributed by atoms with E-state index in [0.717, 1.165) is 26.9 Å². The monoisotopic (exact) mass is 355 g/mol. The van der Waals surface area contributed by atoms with Gasteiger partial charge in [-0.25, -0.2) is 9.78 Å². The number of carbonyl (C=O) groups excluding carboxylic acids is 1. The molecular formula is C18H21N5O3. The zero-order valence-electron chi connectivity index (χ0n) is 15.5. The van der Waals surface area contributed by atoms with E-state index in [1.807, 2.05) is 32.9 Å². The van der Waals surface area contributed by atoms with Gasteiger partial charge in [0.05, 0.1) is 6.33 Å². The van der Waals surface area contributed by atoms with Crippen LogP contribution in [0.25, 0.3) is 11.2 Å². The fourth-order valence-corrected chi connectivity index (χ4v) is 3.23. The minimum absolute atomic E-state index is 0.0727. The topological polar surface area (TPSA) is 90.9 Å². The fourth-order valence-electron chi connectivity index (χ4n) is 3.23. The summed E-state index contributed by atoms with van der Waals surface area (Å²) in [4.78, 5) is 41.0. The Morgan fingerprint density at radius 2 is 1.69 bits per heavy atom. The van der Waals surface area contributed by atoms with Crippen molar-refractivity contribution in [2.24, 2.45) is 14.1 Å². The lowest BCUT2D eigenvalue weighted by molar-refractivity contribution is -0.116. The van der Waals surface area contributed by atoms with Crippen molar-refractivity contribution in [3.63, 3.8) is 0 Å². The molecule has 0 aliphatic heterocycles. The van der Waals surface area contributed by atoms with Crippen LogP contribution in [0.4, 0.5) is 5.69 Å². The largest absolute Gasteiger partial charge is 0.332 e. The molecular weight excluding hydrogens is 334 g/mol.